The Balaban J connectivity index is 1.74. The van der Waals surface area contributed by atoms with Gasteiger partial charge in [0.1, 0.15) is 17.5 Å². The molecule has 178 valence electrons. The molecule has 3 N–H and O–H groups in total. The van der Waals surface area contributed by atoms with Crippen molar-refractivity contribution >= 4 is 27.5 Å². The van der Waals surface area contributed by atoms with Crippen LogP contribution in [-0.2, 0) is 14.8 Å². The zero-order chi connectivity index (χ0) is 24.2. The Labute approximate surface area is 193 Å². The molecule has 2 aromatic rings. The van der Waals surface area contributed by atoms with E-state index < -0.39 is 27.9 Å². The summed E-state index contributed by atoms with van der Waals surface area (Å²) in [5.74, 6) is -0.264. The molecule has 9 nitrogen and oxygen atoms in total. The highest BCUT2D eigenvalue weighted by atomic mass is 32.2. The van der Waals surface area contributed by atoms with Crippen LogP contribution in [0.25, 0.3) is 0 Å². The van der Waals surface area contributed by atoms with Gasteiger partial charge in [-0.25, -0.2) is 13.1 Å². The number of ether oxygens (including phenoxy) is 2. The second kappa shape index (κ2) is 10.2. The van der Waals surface area contributed by atoms with Crippen molar-refractivity contribution in [2.45, 2.75) is 43.7 Å². The van der Waals surface area contributed by atoms with Crippen LogP contribution in [0.4, 0.5) is 5.69 Å². The first-order valence-electron chi connectivity index (χ1n) is 10.6. The van der Waals surface area contributed by atoms with Gasteiger partial charge in [0.25, 0.3) is 5.91 Å². The number of sulfonamides is 1. The molecule has 10 heteroatoms. The molecule has 0 unspecified atom stereocenters. The van der Waals surface area contributed by atoms with Gasteiger partial charge in [0.2, 0.25) is 15.9 Å². The van der Waals surface area contributed by atoms with Gasteiger partial charge in [0.15, 0.2) is 0 Å². The zero-order valence-corrected chi connectivity index (χ0v) is 19.9. The van der Waals surface area contributed by atoms with E-state index in [0.29, 0.717) is 17.2 Å². The summed E-state index contributed by atoms with van der Waals surface area (Å²) in [5, 5.41) is 5.45. The number of rotatable bonds is 10. The van der Waals surface area contributed by atoms with Crippen LogP contribution < -0.4 is 24.8 Å². The summed E-state index contributed by atoms with van der Waals surface area (Å²) in [6.45, 7) is 3.61. The fourth-order valence-corrected chi connectivity index (χ4v) is 4.50. The van der Waals surface area contributed by atoms with Gasteiger partial charge in [-0.1, -0.05) is 19.9 Å². The highest BCUT2D eigenvalue weighted by molar-refractivity contribution is 7.89. The lowest BCUT2D eigenvalue weighted by atomic mass is 10.0. The molecule has 0 spiro atoms. The molecule has 0 radical (unpaired) electrons. The molecule has 1 fully saturated rings. The minimum atomic E-state index is -3.65. The molecule has 1 saturated carbocycles. The van der Waals surface area contributed by atoms with Crippen LogP contribution in [-0.4, -0.2) is 46.5 Å². The number of benzene rings is 2. The first kappa shape index (κ1) is 24.5. The number of carbonyl (C=O) groups excluding carboxylic acids is 2. The van der Waals surface area contributed by atoms with Crippen molar-refractivity contribution in [3.63, 3.8) is 0 Å². The molecular formula is C23H29N3O6S. The molecule has 1 aliphatic carbocycles. The maximum absolute atomic E-state index is 13.0. The van der Waals surface area contributed by atoms with E-state index in [1.54, 1.807) is 44.2 Å². The molecule has 0 bridgehead atoms. The summed E-state index contributed by atoms with van der Waals surface area (Å²) in [6.07, 6.45) is 1.65. The summed E-state index contributed by atoms with van der Waals surface area (Å²) in [7, 11) is -0.692. The Morgan fingerprint density at radius 2 is 1.64 bits per heavy atom. The van der Waals surface area contributed by atoms with Crippen molar-refractivity contribution < 1.29 is 27.5 Å². The normalized spacial score (nSPS) is 14.5. The standard InChI is InChI=1S/C23H29N3O6S/c1-14(2)21(25-22(27)15-10-18(31-3)13-19(11-15)32-4)23(28)24-17-6-5-7-20(12-17)33(29,30)26-16-8-9-16/h5-7,10-14,16,21,26H,8-9H2,1-4H3,(H,24,28)(H,25,27)/t21-/m0/s1. The summed E-state index contributed by atoms with van der Waals surface area (Å²) in [4.78, 5) is 25.9. The van der Waals surface area contributed by atoms with E-state index in [1.807, 2.05) is 0 Å². The van der Waals surface area contributed by atoms with Gasteiger partial charge in [0, 0.05) is 23.4 Å². The molecule has 1 atom stereocenters. The predicted molar refractivity (Wildman–Crippen MR) is 124 cm³/mol. The monoisotopic (exact) mass is 475 g/mol. The van der Waals surface area contributed by atoms with Gasteiger partial charge in [-0.05, 0) is 49.1 Å². The third-order valence-corrected chi connectivity index (χ3v) is 6.68. The van der Waals surface area contributed by atoms with Gasteiger partial charge in [-0.3, -0.25) is 9.59 Å². The molecule has 0 aliphatic heterocycles. The van der Waals surface area contributed by atoms with Crippen LogP contribution in [0.3, 0.4) is 0 Å². The molecule has 0 aromatic heterocycles. The van der Waals surface area contributed by atoms with Gasteiger partial charge < -0.3 is 20.1 Å². The van der Waals surface area contributed by atoms with E-state index in [-0.39, 0.29) is 22.4 Å². The van der Waals surface area contributed by atoms with E-state index in [2.05, 4.69) is 15.4 Å². The second-order valence-electron chi connectivity index (χ2n) is 8.21. The van der Waals surface area contributed by atoms with Gasteiger partial charge >= 0.3 is 0 Å². The fraction of sp³-hybridized carbons (Fsp3) is 0.391. The summed E-state index contributed by atoms with van der Waals surface area (Å²) in [6, 6.07) is 9.88. The lowest BCUT2D eigenvalue weighted by Gasteiger charge is -2.22. The average molecular weight is 476 g/mol. The molecule has 2 amide bonds. The minimum Gasteiger partial charge on any atom is -0.497 e. The lowest BCUT2D eigenvalue weighted by molar-refractivity contribution is -0.118. The van der Waals surface area contributed by atoms with Gasteiger partial charge in [0.05, 0.1) is 19.1 Å². The van der Waals surface area contributed by atoms with Crippen molar-refractivity contribution in [1.82, 2.24) is 10.0 Å². The van der Waals surface area contributed by atoms with Gasteiger partial charge in [-0.15, -0.1) is 0 Å². The number of nitrogens with one attached hydrogen (secondary N) is 3. The summed E-state index contributed by atoms with van der Waals surface area (Å²) >= 11 is 0. The number of hydrogen-bond donors (Lipinski definition) is 3. The molecule has 3 rings (SSSR count). The van der Waals surface area contributed by atoms with E-state index in [9.17, 15) is 18.0 Å². The minimum absolute atomic E-state index is 0.0241. The molecule has 0 saturated heterocycles. The van der Waals surface area contributed by atoms with E-state index in [0.717, 1.165) is 12.8 Å². The molecule has 33 heavy (non-hydrogen) atoms. The smallest absolute Gasteiger partial charge is 0.252 e. The number of methoxy groups -OCH3 is 2. The first-order valence-corrected chi connectivity index (χ1v) is 12.1. The zero-order valence-electron chi connectivity index (χ0n) is 19.0. The van der Waals surface area contributed by atoms with Crippen LogP contribution in [0.5, 0.6) is 11.5 Å². The topological polar surface area (TPSA) is 123 Å². The van der Waals surface area contributed by atoms with Crippen molar-refractivity contribution in [2.75, 3.05) is 19.5 Å². The Morgan fingerprint density at radius 1 is 1.00 bits per heavy atom. The highest BCUT2D eigenvalue weighted by Crippen LogP contribution is 2.24. The van der Waals surface area contributed by atoms with Crippen LogP contribution in [0.1, 0.15) is 37.0 Å². The third kappa shape index (κ3) is 6.45. The Hall–Kier alpha value is -3.11. The largest absolute Gasteiger partial charge is 0.497 e. The summed E-state index contributed by atoms with van der Waals surface area (Å²) in [5.41, 5.74) is 0.602. The second-order valence-corrected chi connectivity index (χ2v) is 9.92. The maximum Gasteiger partial charge on any atom is 0.252 e. The van der Waals surface area contributed by atoms with Crippen molar-refractivity contribution in [2.24, 2.45) is 5.92 Å². The maximum atomic E-state index is 13.0. The number of carbonyl (C=O) groups is 2. The predicted octanol–water partition coefficient (Wildman–Crippen LogP) is 2.54. The highest BCUT2D eigenvalue weighted by Gasteiger charge is 2.29. The Kier molecular flexibility index (Phi) is 7.60. The van der Waals surface area contributed by atoms with Crippen LogP contribution >= 0.6 is 0 Å². The van der Waals surface area contributed by atoms with Gasteiger partial charge in [-0.2, -0.15) is 0 Å². The van der Waals surface area contributed by atoms with Crippen LogP contribution in [0.2, 0.25) is 0 Å². The van der Waals surface area contributed by atoms with Crippen LogP contribution in [0.15, 0.2) is 47.4 Å². The molecule has 2 aromatic carbocycles. The summed E-state index contributed by atoms with van der Waals surface area (Å²) < 4.78 is 37.9. The Bertz CT molecular complexity index is 1110. The van der Waals surface area contributed by atoms with Crippen LogP contribution in [0, 0.1) is 5.92 Å². The molecular weight excluding hydrogens is 446 g/mol. The lowest BCUT2D eigenvalue weighted by Crippen LogP contribution is -2.47. The van der Waals surface area contributed by atoms with Crippen molar-refractivity contribution in [3.8, 4) is 11.5 Å². The van der Waals surface area contributed by atoms with Crippen molar-refractivity contribution in [3.05, 3.63) is 48.0 Å². The number of anilines is 1. The van der Waals surface area contributed by atoms with E-state index in [4.69, 9.17) is 9.47 Å². The molecule has 1 aliphatic rings. The number of hydrogen-bond acceptors (Lipinski definition) is 6. The quantitative estimate of drug-likeness (QED) is 0.485. The van der Waals surface area contributed by atoms with Crippen molar-refractivity contribution in [1.29, 1.82) is 0 Å². The fourth-order valence-electron chi connectivity index (χ4n) is 3.15. The average Bonchev–Trinajstić information content (AvgIpc) is 3.60. The first-order chi connectivity index (χ1) is 15.6. The third-order valence-electron chi connectivity index (χ3n) is 5.16. The van der Waals surface area contributed by atoms with E-state index >= 15 is 0 Å². The van der Waals surface area contributed by atoms with E-state index in [1.165, 1.54) is 26.4 Å². The number of amides is 2. The SMILES string of the molecule is COc1cc(OC)cc(C(=O)N[C@H](C(=O)Nc2cccc(S(=O)(=O)NC3CC3)c2)C(C)C)c1. The Morgan fingerprint density at radius 3 is 2.18 bits per heavy atom. The molecule has 0 heterocycles.